The van der Waals surface area contributed by atoms with E-state index in [0.717, 1.165) is 0 Å². The Morgan fingerprint density at radius 1 is 1.25 bits per heavy atom. The Hall–Kier alpha value is -3.06. The molecule has 0 atom stereocenters. The second-order valence-electron chi connectivity index (χ2n) is 6.01. The van der Waals surface area contributed by atoms with Crippen molar-refractivity contribution in [1.82, 2.24) is 14.9 Å². The van der Waals surface area contributed by atoms with E-state index in [4.69, 9.17) is 21.1 Å². The number of nitrogens with one attached hydrogen (secondary N) is 1. The Bertz CT molecular complexity index is 1020. The lowest BCUT2D eigenvalue weighted by Crippen LogP contribution is -2.23. The van der Waals surface area contributed by atoms with Gasteiger partial charge >= 0.3 is 0 Å². The Morgan fingerprint density at radius 2 is 2.04 bits per heavy atom. The Balaban J connectivity index is 1.74. The van der Waals surface area contributed by atoms with Gasteiger partial charge in [0.2, 0.25) is 0 Å². The first-order valence-electron chi connectivity index (χ1n) is 8.43. The fourth-order valence-electron chi connectivity index (χ4n) is 2.82. The lowest BCUT2D eigenvalue weighted by molar-refractivity contribution is 0.0950. The Labute approximate surface area is 166 Å². The second kappa shape index (κ2) is 8.31. The molecule has 0 unspecified atom stereocenters. The van der Waals surface area contributed by atoms with E-state index in [-0.39, 0.29) is 17.5 Å². The van der Waals surface area contributed by atoms with Crippen molar-refractivity contribution in [2.24, 2.45) is 0 Å². The highest BCUT2D eigenvalue weighted by Gasteiger charge is 2.15. The molecule has 0 bridgehead atoms. The summed E-state index contributed by atoms with van der Waals surface area (Å²) >= 11 is 6.13. The van der Waals surface area contributed by atoms with E-state index in [1.54, 1.807) is 36.0 Å². The van der Waals surface area contributed by atoms with Crippen LogP contribution in [-0.4, -0.2) is 29.7 Å². The standard InChI is InChI=1S/C20H19ClFN3O3/c1-12-23-6-7-25(12)17-5-4-13(8-16(17)22)11-24-20(26)14-9-15(21)19(28-3)18(10-14)27-2/h4-10H,11H2,1-3H3,(H,24,26). The van der Waals surface area contributed by atoms with Crippen LogP contribution in [0.3, 0.4) is 0 Å². The summed E-state index contributed by atoms with van der Waals surface area (Å²) in [5.41, 5.74) is 1.34. The highest BCUT2D eigenvalue weighted by molar-refractivity contribution is 6.32. The summed E-state index contributed by atoms with van der Waals surface area (Å²) in [7, 11) is 2.93. The van der Waals surface area contributed by atoms with Gasteiger partial charge in [-0.3, -0.25) is 4.79 Å². The van der Waals surface area contributed by atoms with Crippen LogP contribution in [0.1, 0.15) is 21.7 Å². The van der Waals surface area contributed by atoms with Gasteiger partial charge < -0.3 is 19.4 Å². The molecule has 1 heterocycles. The summed E-state index contributed by atoms with van der Waals surface area (Å²) in [5.74, 6) is 0.629. The fraction of sp³-hybridized carbons (Fsp3) is 0.200. The predicted octanol–water partition coefficient (Wildman–Crippen LogP) is 3.92. The van der Waals surface area contributed by atoms with Crippen LogP contribution in [0.2, 0.25) is 5.02 Å². The van der Waals surface area contributed by atoms with Crippen molar-refractivity contribution in [1.29, 1.82) is 0 Å². The van der Waals surface area contributed by atoms with Crippen molar-refractivity contribution in [2.45, 2.75) is 13.5 Å². The molecule has 6 nitrogen and oxygen atoms in total. The van der Waals surface area contributed by atoms with E-state index in [9.17, 15) is 9.18 Å². The number of hydrogen-bond acceptors (Lipinski definition) is 4. The summed E-state index contributed by atoms with van der Waals surface area (Å²) in [6.07, 6.45) is 3.30. The quantitative estimate of drug-likeness (QED) is 0.677. The minimum atomic E-state index is -0.401. The first-order valence-corrected chi connectivity index (χ1v) is 8.81. The molecule has 0 aliphatic rings. The number of nitrogens with zero attached hydrogens (tertiary/aromatic N) is 2. The molecule has 2 aromatic carbocycles. The molecule has 0 aliphatic heterocycles. The van der Waals surface area contributed by atoms with E-state index in [0.29, 0.717) is 34.1 Å². The van der Waals surface area contributed by atoms with Crippen LogP contribution in [0.4, 0.5) is 4.39 Å². The van der Waals surface area contributed by atoms with E-state index >= 15 is 0 Å². The van der Waals surface area contributed by atoms with Crippen molar-refractivity contribution in [3.05, 3.63) is 70.5 Å². The highest BCUT2D eigenvalue weighted by Crippen LogP contribution is 2.36. The smallest absolute Gasteiger partial charge is 0.251 e. The monoisotopic (exact) mass is 403 g/mol. The van der Waals surface area contributed by atoms with Gasteiger partial charge in [-0.25, -0.2) is 9.37 Å². The number of methoxy groups -OCH3 is 2. The number of amides is 1. The van der Waals surface area contributed by atoms with Gasteiger partial charge in [0.25, 0.3) is 5.91 Å². The number of carbonyl (C=O) groups excluding carboxylic acids is 1. The fourth-order valence-corrected chi connectivity index (χ4v) is 3.11. The van der Waals surface area contributed by atoms with Gasteiger partial charge in [-0.15, -0.1) is 0 Å². The maximum atomic E-state index is 14.5. The van der Waals surface area contributed by atoms with Crippen molar-refractivity contribution in [2.75, 3.05) is 14.2 Å². The van der Waals surface area contributed by atoms with Crippen molar-refractivity contribution in [3.63, 3.8) is 0 Å². The number of halogens is 2. The van der Waals surface area contributed by atoms with Crippen molar-refractivity contribution < 1.29 is 18.7 Å². The number of ether oxygens (including phenoxy) is 2. The molecule has 0 spiro atoms. The first kappa shape index (κ1) is 19.7. The number of hydrogen-bond donors (Lipinski definition) is 1. The third-order valence-electron chi connectivity index (χ3n) is 4.25. The molecule has 0 radical (unpaired) electrons. The number of benzene rings is 2. The third-order valence-corrected chi connectivity index (χ3v) is 4.53. The summed E-state index contributed by atoms with van der Waals surface area (Å²) < 4.78 is 26.5. The molecule has 146 valence electrons. The molecule has 8 heteroatoms. The van der Waals surface area contributed by atoms with Crippen molar-refractivity contribution >= 4 is 17.5 Å². The number of imidazole rings is 1. The minimum Gasteiger partial charge on any atom is -0.493 e. The zero-order valence-electron chi connectivity index (χ0n) is 15.6. The number of rotatable bonds is 6. The van der Waals surface area contributed by atoms with Gasteiger partial charge in [0.05, 0.1) is 24.9 Å². The van der Waals surface area contributed by atoms with Crippen LogP contribution < -0.4 is 14.8 Å². The van der Waals surface area contributed by atoms with E-state index in [1.807, 2.05) is 0 Å². The zero-order valence-corrected chi connectivity index (χ0v) is 16.4. The van der Waals surface area contributed by atoms with Gasteiger partial charge in [-0.05, 0) is 36.8 Å². The van der Waals surface area contributed by atoms with Crippen LogP contribution >= 0.6 is 11.6 Å². The molecule has 28 heavy (non-hydrogen) atoms. The summed E-state index contributed by atoms with van der Waals surface area (Å²) in [6.45, 7) is 1.95. The van der Waals surface area contributed by atoms with Gasteiger partial charge in [-0.1, -0.05) is 17.7 Å². The zero-order chi connectivity index (χ0) is 20.3. The van der Waals surface area contributed by atoms with Gasteiger partial charge in [0.1, 0.15) is 11.6 Å². The van der Waals surface area contributed by atoms with Gasteiger partial charge in [-0.2, -0.15) is 0 Å². The third kappa shape index (κ3) is 3.94. The van der Waals surface area contributed by atoms with Crippen molar-refractivity contribution in [3.8, 4) is 17.2 Å². The number of aromatic nitrogens is 2. The number of carbonyl (C=O) groups is 1. The Morgan fingerprint density at radius 3 is 2.64 bits per heavy atom. The maximum absolute atomic E-state index is 14.5. The van der Waals surface area contributed by atoms with E-state index < -0.39 is 5.82 Å². The molecule has 1 N–H and O–H groups in total. The van der Waals surface area contributed by atoms with Crippen LogP contribution in [0.25, 0.3) is 5.69 Å². The first-order chi connectivity index (χ1) is 13.4. The largest absolute Gasteiger partial charge is 0.493 e. The summed E-state index contributed by atoms with van der Waals surface area (Å²) in [5, 5.41) is 3.01. The number of aryl methyl sites for hydroxylation is 1. The average molecular weight is 404 g/mol. The lowest BCUT2D eigenvalue weighted by Gasteiger charge is -2.12. The normalized spacial score (nSPS) is 10.6. The molecule has 0 saturated carbocycles. The highest BCUT2D eigenvalue weighted by atomic mass is 35.5. The van der Waals surface area contributed by atoms with Gasteiger partial charge in [0.15, 0.2) is 11.5 Å². The van der Waals surface area contributed by atoms with E-state index in [2.05, 4.69) is 10.3 Å². The van der Waals surface area contributed by atoms with Crippen LogP contribution in [0.5, 0.6) is 11.5 Å². The second-order valence-corrected chi connectivity index (χ2v) is 6.41. The molecule has 3 aromatic rings. The van der Waals surface area contributed by atoms with Crippen LogP contribution in [-0.2, 0) is 6.54 Å². The Kier molecular flexibility index (Phi) is 5.84. The predicted molar refractivity (Wildman–Crippen MR) is 104 cm³/mol. The molecule has 0 saturated heterocycles. The topological polar surface area (TPSA) is 65.4 Å². The molecule has 3 rings (SSSR count). The maximum Gasteiger partial charge on any atom is 0.251 e. The van der Waals surface area contributed by atoms with Gasteiger partial charge in [0, 0.05) is 24.5 Å². The SMILES string of the molecule is COc1cc(C(=O)NCc2ccc(-n3ccnc3C)c(F)c2)cc(Cl)c1OC. The summed E-state index contributed by atoms with van der Waals surface area (Å²) in [4.78, 5) is 16.5. The molecule has 0 fully saturated rings. The molecule has 1 amide bonds. The average Bonchev–Trinajstić information content (AvgIpc) is 3.11. The van der Waals surface area contributed by atoms with E-state index in [1.165, 1.54) is 32.4 Å². The minimum absolute atomic E-state index is 0.158. The molecular weight excluding hydrogens is 385 g/mol. The van der Waals surface area contributed by atoms with Crippen LogP contribution in [0, 0.1) is 12.7 Å². The summed E-state index contributed by atoms with van der Waals surface area (Å²) in [6, 6.07) is 7.81. The molecule has 0 aliphatic carbocycles. The lowest BCUT2D eigenvalue weighted by atomic mass is 10.1. The molecular formula is C20H19ClFN3O3. The van der Waals surface area contributed by atoms with Crippen LogP contribution in [0.15, 0.2) is 42.7 Å². The molecule has 1 aromatic heterocycles.